The molecule has 0 aromatic heterocycles. The van der Waals surface area contributed by atoms with E-state index >= 15 is 0 Å². The SMILES string of the molecule is Cc1ccc(C(CCCCN)C(=O)CCl)cc1. The minimum Gasteiger partial charge on any atom is -0.330 e. The average Bonchev–Trinajstić information content (AvgIpc) is 2.35. The number of halogens is 1. The molecule has 1 rings (SSSR count). The Hall–Kier alpha value is -0.860. The fourth-order valence-electron chi connectivity index (χ4n) is 1.90. The van der Waals surface area contributed by atoms with Crippen LogP contribution in [0.15, 0.2) is 24.3 Å². The van der Waals surface area contributed by atoms with Crippen LogP contribution in [0.2, 0.25) is 0 Å². The van der Waals surface area contributed by atoms with Crippen molar-refractivity contribution in [2.45, 2.75) is 32.1 Å². The third-order valence-electron chi connectivity index (χ3n) is 2.95. The maximum Gasteiger partial charge on any atom is 0.155 e. The van der Waals surface area contributed by atoms with Gasteiger partial charge in [-0.3, -0.25) is 4.79 Å². The molecule has 3 heteroatoms. The standard InChI is InChI=1S/C14H20ClNO/c1-11-5-7-12(8-6-11)13(14(17)10-15)4-2-3-9-16/h5-8,13H,2-4,9-10,16H2,1H3. The summed E-state index contributed by atoms with van der Waals surface area (Å²) in [4.78, 5) is 11.8. The smallest absolute Gasteiger partial charge is 0.155 e. The summed E-state index contributed by atoms with van der Waals surface area (Å²) in [6, 6.07) is 8.11. The summed E-state index contributed by atoms with van der Waals surface area (Å²) in [6.07, 6.45) is 2.77. The zero-order valence-electron chi connectivity index (χ0n) is 10.3. The summed E-state index contributed by atoms with van der Waals surface area (Å²) < 4.78 is 0. The molecule has 0 aliphatic carbocycles. The molecule has 17 heavy (non-hydrogen) atoms. The van der Waals surface area contributed by atoms with E-state index in [1.165, 1.54) is 5.56 Å². The van der Waals surface area contributed by atoms with Crippen molar-refractivity contribution in [3.05, 3.63) is 35.4 Å². The number of benzene rings is 1. The van der Waals surface area contributed by atoms with E-state index in [0.717, 1.165) is 24.8 Å². The monoisotopic (exact) mass is 253 g/mol. The van der Waals surface area contributed by atoms with Crippen LogP contribution in [0.1, 0.15) is 36.3 Å². The Balaban J connectivity index is 2.74. The van der Waals surface area contributed by atoms with E-state index in [1.54, 1.807) is 0 Å². The topological polar surface area (TPSA) is 43.1 Å². The number of unbranched alkanes of at least 4 members (excludes halogenated alkanes) is 1. The van der Waals surface area contributed by atoms with Gasteiger partial charge in [0.15, 0.2) is 5.78 Å². The van der Waals surface area contributed by atoms with E-state index in [9.17, 15) is 4.79 Å². The predicted molar refractivity (Wildman–Crippen MR) is 72.6 cm³/mol. The Bertz CT molecular complexity index is 348. The van der Waals surface area contributed by atoms with Crippen LogP contribution in [0.25, 0.3) is 0 Å². The van der Waals surface area contributed by atoms with E-state index in [1.807, 2.05) is 31.2 Å². The first-order valence-corrected chi connectivity index (χ1v) is 6.57. The van der Waals surface area contributed by atoms with Crippen LogP contribution in [0.5, 0.6) is 0 Å². The largest absolute Gasteiger partial charge is 0.330 e. The number of alkyl halides is 1. The van der Waals surface area contributed by atoms with Gasteiger partial charge in [-0.25, -0.2) is 0 Å². The predicted octanol–water partition coefficient (Wildman–Crippen LogP) is 3.02. The average molecular weight is 254 g/mol. The molecule has 0 aliphatic rings. The lowest BCUT2D eigenvalue weighted by Crippen LogP contribution is -2.14. The van der Waals surface area contributed by atoms with Gasteiger partial charge in [-0.1, -0.05) is 36.2 Å². The van der Waals surface area contributed by atoms with Crippen molar-refractivity contribution in [2.75, 3.05) is 12.4 Å². The molecule has 0 heterocycles. The van der Waals surface area contributed by atoms with Gasteiger partial charge in [0, 0.05) is 5.92 Å². The first-order valence-electron chi connectivity index (χ1n) is 6.04. The molecule has 0 bridgehead atoms. The first-order chi connectivity index (χ1) is 8.19. The lowest BCUT2D eigenvalue weighted by Gasteiger charge is -2.15. The number of aryl methyl sites for hydroxylation is 1. The van der Waals surface area contributed by atoms with Gasteiger partial charge >= 0.3 is 0 Å². The van der Waals surface area contributed by atoms with Gasteiger partial charge in [-0.2, -0.15) is 0 Å². The van der Waals surface area contributed by atoms with Crippen molar-refractivity contribution in [3.8, 4) is 0 Å². The summed E-state index contributed by atoms with van der Waals surface area (Å²) in [5.41, 5.74) is 7.74. The highest BCUT2D eigenvalue weighted by molar-refractivity contribution is 6.28. The van der Waals surface area contributed by atoms with Crippen molar-refractivity contribution >= 4 is 17.4 Å². The van der Waals surface area contributed by atoms with Gasteiger partial charge in [-0.15, -0.1) is 11.6 Å². The molecule has 0 radical (unpaired) electrons. The molecular weight excluding hydrogens is 234 g/mol. The van der Waals surface area contributed by atoms with Gasteiger partial charge in [-0.05, 0) is 31.9 Å². The van der Waals surface area contributed by atoms with E-state index < -0.39 is 0 Å². The Morgan fingerprint density at radius 2 is 1.94 bits per heavy atom. The summed E-state index contributed by atoms with van der Waals surface area (Å²) in [7, 11) is 0. The number of carbonyl (C=O) groups excluding carboxylic acids is 1. The van der Waals surface area contributed by atoms with Crippen LogP contribution < -0.4 is 5.73 Å². The van der Waals surface area contributed by atoms with Crippen LogP contribution in [0.4, 0.5) is 0 Å². The lowest BCUT2D eigenvalue weighted by atomic mass is 9.90. The zero-order valence-corrected chi connectivity index (χ0v) is 11.0. The van der Waals surface area contributed by atoms with Crippen LogP contribution in [0.3, 0.4) is 0 Å². The van der Waals surface area contributed by atoms with Crippen LogP contribution in [-0.2, 0) is 4.79 Å². The molecule has 1 aromatic rings. The normalized spacial score (nSPS) is 12.4. The second kappa shape index (κ2) is 7.46. The molecule has 0 saturated carbocycles. The van der Waals surface area contributed by atoms with Gasteiger partial charge in [0.1, 0.15) is 0 Å². The number of rotatable bonds is 7. The second-order valence-corrected chi connectivity index (χ2v) is 4.61. The van der Waals surface area contributed by atoms with Crippen LogP contribution in [-0.4, -0.2) is 18.2 Å². The highest BCUT2D eigenvalue weighted by atomic mass is 35.5. The number of carbonyl (C=O) groups is 1. The lowest BCUT2D eigenvalue weighted by molar-refractivity contribution is -0.118. The van der Waals surface area contributed by atoms with Gasteiger partial charge in [0.05, 0.1) is 5.88 Å². The molecule has 0 fully saturated rings. The van der Waals surface area contributed by atoms with Crippen molar-refractivity contribution in [2.24, 2.45) is 5.73 Å². The first kappa shape index (κ1) is 14.2. The summed E-state index contributed by atoms with van der Waals surface area (Å²) >= 11 is 5.67. The Morgan fingerprint density at radius 1 is 1.29 bits per heavy atom. The Labute approximate surface area is 108 Å². The molecule has 0 spiro atoms. The third kappa shape index (κ3) is 4.49. The van der Waals surface area contributed by atoms with E-state index in [4.69, 9.17) is 17.3 Å². The van der Waals surface area contributed by atoms with Gasteiger partial charge in [0.2, 0.25) is 0 Å². The highest BCUT2D eigenvalue weighted by Crippen LogP contribution is 2.24. The quantitative estimate of drug-likeness (QED) is 0.600. The molecule has 94 valence electrons. The minimum absolute atomic E-state index is 0.0698. The minimum atomic E-state index is -0.0698. The fourth-order valence-corrected chi connectivity index (χ4v) is 2.08. The maximum atomic E-state index is 11.8. The van der Waals surface area contributed by atoms with Crippen LogP contribution >= 0.6 is 11.6 Å². The van der Waals surface area contributed by atoms with E-state index in [2.05, 4.69) is 0 Å². The molecular formula is C14H20ClNO. The fraction of sp³-hybridized carbons (Fsp3) is 0.500. The number of ketones is 1. The highest BCUT2D eigenvalue weighted by Gasteiger charge is 2.18. The third-order valence-corrected chi connectivity index (χ3v) is 3.21. The summed E-state index contributed by atoms with van der Waals surface area (Å²) in [6.45, 7) is 2.71. The van der Waals surface area contributed by atoms with Crippen molar-refractivity contribution < 1.29 is 4.79 Å². The molecule has 1 unspecified atom stereocenters. The van der Waals surface area contributed by atoms with Crippen molar-refractivity contribution in [3.63, 3.8) is 0 Å². The molecule has 0 aliphatic heterocycles. The van der Waals surface area contributed by atoms with E-state index in [-0.39, 0.29) is 17.6 Å². The van der Waals surface area contributed by atoms with Crippen molar-refractivity contribution in [1.82, 2.24) is 0 Å². The Kier molecular flexibility index (Phi) is 6.23. The molecule has 0 amide bonds. The zero-order chi connectivity index (χ0) is 12.7. The van der Waals surface area contributed by atoms with E-state index in [0.29, 0.717) is 6.54 Å². The molecule has 2 N–H and O–H groups in total. The van der Waals surface area contributed by atoms with Crippen molar-refractivity contribution in [1.29, 1.82) is 0 Å². The summed E-state index contributed by atoms with van der Waals surface area (Å²) in [5.74, 6) is 0.119. The van der Waals surface area contributed by atoms with Gasteiger partial charge < -0.3 is 5.73 Å². The van der Waals surface area contributed by atoms with Gasteiger partial charge in [0.25, 0.3) is 0 Å². The molecule has 2 nitrogen and oxygen atoms in total. The number of hydrogen-bond acceptors (Lipinski definition) is 2. The Morgan fingerprint density at radius 3 is 2.47 bits per heavy atom. The number of Topliss-reactive ketones (excluding diaryl/α,β-unsaturated/α-hetero) is 1. The second-order valence-electron chi connectivity index (χ2n) is 4.35. The molecule has 1 aromatic carbocycles. The number of nitrogens with two attached hydrogens (primary N) is 1. The van der Waals surface area contributed by atoms with Crippen LogP contribution in [0, 0.1) is 6.92 Å². The summed E-state index contributed by atoms with van der Waals surface area (Å²) in [5, 5.41) is 0. The maximum absolute atomic E-state index is 11.8. The number of hydrogen-bond donors (Lipinski definition) is 1. The molecule has 1 atom stereocenters. The molecule has 0 saturated heterocycles.